The van der Waals surface area contributed by atoms with Crippen LogP contribution in [0.1, 0.15) is 98.5 Å². The van der Waals surface area contributed by atoms with E-state index in [4.69, 9.17) is 5.73 Å². The van der Waals surface area contributed by atoms with Crippen LogP contribution >= 0.6 is 0 Å². The van der Waals surface area contributed by atoms with E-state index < -0.39 is 0 Å². The van der Waals surface area contributed by atoms with Gasteiger partial charge < -0.3 is 5.73 Å². The van der Waals surface area contributed by atoms with Crippen LogP contribution in [0.15, 0.2) is 48.5 Å². The first-order valence-corrected chi connectivity index (χ1v) is 12.9. The fourth-order valence-electron chi connectivity index (χ4n) is 4.07. The van der Waals surface area contributed by atoms with E-state index in [0.717, 1.165) is 24.9 Å². The minimum Gasteiger partial charge on any atom is -0.398 e. The lowest BCUT2D eigenvalue weighted by Crippen LogP contribution is -2.05. The standard InChI is InChI=1S/C26H31N.3C2H6/c1-6-25-23(15-21-9-7-17(2)11-20(21)5)12-19(4)13-24(25)16-22-10-8-18(3)14-26(22)27;3*1-2/h7-14H,6,15-16,27H2,1-5H3;3*1-2H3. The number of aryl methyl sites for hydroxylation is 4. The van der Waals surface area contributed by atoms with Crippen molar-refractivity contribution in [2.24, 2.45) is 0 Å². The van der Waals surface area contributed by atoms with Crippen LogP contribution in [0.4, 0.5) is 5.69 Å². The minimum atomic E-state index is 0.898. The molecule has 3 aromatic rings. The van der Waals surface area contributed by atoms with Gasteiger partial charge in [-0.2, -0.15) is 0 Å². The third-order valence-electron chi connectivity index (χ3n) is 5.49. The molecule has 0 aromatic heterocycles. The van der Waals surface area contributed by atoms with E-state index >= 15 is 0 Å². The summed E-state index contributed by atoms with van der Waals surface area (Å²) >= 11 is 0. The van der Waals surface area contributed by atoms with Crippen LogP contribution in [0.3, 0.4) is 0 Å². The second-order valence-electron chi connectivity index (χ2n) is 7.90. The van der Waals surface area contributed by atoms with Gasteiger partial charge in [0.25, 0.3) is 0 Å². The van der Waals surface area contributed by atoms with Gasteiger partial charge in [0.1, 0.15) is 0 Å². The van der Waals surface area contributed by atoms with Crippen molar-refractivity contribution in [3.05, 3.63) is 98.6 Å². The second-order valence-corrected chi connectivity index (χ2v) is 7.90. The summed E-state index contributed by atoms with van der Waals surface area (Å²) < 4.78 is 0. The normalized spacial score (nSPS) is 9.55. The summed E-state index contributed by atoms with van der Waals surface area (Å²) in [5, 5.41) is 0. The molecule has 0 aliphatic rings. The summed E-state index contributed by atoms with van der Waals surface area (Å²) in [7, 11) is 0. The first kappa shape index (κ1) is 30.5. The number of anilines is 1. The Labute approximate surface area is 205 Å². The Morgan fingerprint density at radius 2 is 1.00 bits per heavy atom. The highest BCUT2D eigenvalue weighted by Gasteiger charge is 2.12. The van der Waals surface area contributed by atoms with Crippen molar-refractivity contribution in [3.63, 3.8) is 0 Å². The fraction of sp³-hybridized carbons (Fsp3) is 0.438. The number of rotatable bonds is 5. The van der Waals surface area contributed by atoms with Crippen LogP contribution < -0.4 is 5.73 Å². The van der Waals surface area contributed by atoms with Crippen molar-refractivity contribution < 1.29 is 0 Å². The Hall–Kier alpha value is -2.54. The molecule has 0 bridgehead atoms. The van der Waals surface area contributed by atoms with E-state index in [1.54, 1.807) is 0 Å². The average Bonchev–Trinajstić information content (AvgIpc) is 2.81. The zero-order valence-electron chi connectivity index (χ0n) is 23.3. The molecule has 0 unspecified atom stereocenters. The van der Waals surface area contributed by atoms with Crippen LogP contribution in [-0.4, -0.2) is 0 Å². The number of benzene rings is 3. The molecule has 0 heterocycles. The van der Waals surface area contributed by atoms with E-state index in [0.29, 0.717) is 0 Å². The van der Waals surface area contributed by atoms with Crippen LogP contribution in [0.2, 0.25) is 0 Å². The highest BCUT2D eigenvalue weighted by atomic mass is 14.6. The quantitative estimate of drug-likeness (QED) is 0.387. The summed E-state index contributed by atoms with van der Waals surface area (Å²) in [6, 6.07) is 17.9. The van der Waals surface area contributed by atoms with Gasteiger partial charge in [-0.3, -0.25) is 0 Å². The van der Waals surface area contributed by atoms with Crippen molar-refractivity contribution in [2.45, 2.75) is 95.4 Å². The maximum absolute atomic E-state index is 6.29. The topological polar surface area (TPSA) is 26.0 Å². The van der Waals surface area contributed by atoms with Crippen molar-refractivity contribution in [3.8, 4) is 0 Å². The second kappa shape index (κ2) is 16.1. The largest absolute Gasteiger partial charge is 0.398 e. The SMILES string of the molecule is CC.CC.CC.CCc1c(Cc2ccc(C)cc2C)cc(C)cc1Cc1ccc(C)cc1N. The summed E-state index contributed by atoms with van der Waals surface area (Å²) in [5.74, 6) is 0. The van der Waals surface area contributed by atoms with Crippen molar-refractivity contribution in [2.75, 3.05) is 5.73 Å². The average molecular weight is 448 g/mol. The lowest BCUT2D eigenvalue weighted by Gasteiger charge is -2.17. The number of hydrogen-bond acceptors (Lipinski definition) is 1. The van der Waals surface area contributed by atoms with Crippen LogP contribution in [0.25, 0.3) is 0 Å². The predicted octanol–water partition coefficient (Wildman–Crippen LogP) is 9.33. The van der Waals surface area contributed by atoms with Gasteiger partial charge in [0.15, 0.2) is 0 Å². The molecule has 0 aliphatic carbocycles. The summed E-state index contributed by atoms with van der Waals surface area (Å²) in [4.78, 5) is 0. The molecule has 3 rings (SSSR count). The van der Waals surface area contributed by atoms with Gasteiger partial charge in [0.05, 0.1) is 0 Å². The number of nitrogen functional groups attached to an aromatic ring is 1. The first-order chi connectivity index (χ1) is 15.9. The summed E-state index contributed by atoms with van der Waals surface area (Å²) in [6.07, 6.45) is 2.94. The molecule has 1 heteroatoms. The van der Waals surface area contributed by atoms with Gasteiger partial charge in [0.2, 0.25) is 0 Å². The fourth-order valence-corrected chi connectivity index (χ4v) is 4.07. The Morgan fingerprint density at radius 3 is 1.45 bits per heavy atom. The van der Waals surface area contributed by atoms with Crippen LogP contribution in [0.5, 0.6) is 0 Å². The minimum absolute atomic E-state index is 0.898. The molecule has 0 radical (unpaired) electrons. The summed E-state index contributed by atoms with van der Waals surface area (Å²) in [6.45, 7) is 22.9. The molecule has 0 saturated heterocycles. The molecule has 1 nitrogen and oxygen atoms in total. The molecule has 0 atom stereocenters. The smallest absolute Gasteiger partial charge is 0.0352 e. The van der Waals surface area contributed by atoms with E-state index in [2.05, 4.69) is 83.1 Å². The Balaban J connectivity index is 0.00000158. The molecule has 0 spiro atoms. The van der Waals surface area contributed by atoms with Gasteiger partial charge >= 0.3 is 0 Å². The highest BCUT2D eigenvalue weighted by Crippen LogP contribution is 2.27. The maximum atomic E-state index is 6.29. The Bertz CT molecular complexity index is 892. The van der Waals surface area contributed by atoms with Crippen molar-refractivity contribution in [1.82, 2.24) is 0 Å². The van der Waals surface area contributed by atoms with Gasteiger partial charge in [-0.15, -0.1) is 0 Å². The molecular formula is C32H49N. The molecular weight excluding hydrogens is 398 g/mol. The number of nitrogens with two attached hydrogens (primary N) is 1. The molecule has 0 saturated carbocycles. The van der Waals surface area contributed by atoms with E-state index in [1.807, 2.05) is 41.5 Å². The summed E-state index contributed by atoms with van der Waals surface area (Å²) in [5.41, 5.74) is 19.4. The highest BCUT2D eigenvalue weighted by molar-refractivity contribution is 5.53. The van der Waals surface area contributed by atoms with Gasteiger partial charge in [-0.25, -0.2) is 0 Å². The molecule has 33 heavy (non-hydrogen) atoms. The van der Waals surface area contributed by atoms with Gasteiger partial charge in [-0.05, 0) is 92.0 Å². The lowest BCUT2D eigenvalue weighted by atomic mass is 9.88. The lowest BCUT2D eigenvalue weighted by molar-refractivity contribution is 0.998. The van der Waals surface area contributed by atoms with Crippen LogP contribution in [-0.2, 0) is 19.3 Å². The third kappa shape index (κ3) is 9.08. The first-order valence-electron chi connectivity index (χ1n) is 12.9. The maximum Gasteiger partial charge on any atom is 0.0352 e. The van der Waals surface area contributed by atoms with E-state index in [9.17, 15) is 0 Å². The predicted molar refractivity (Wildman–Crippen MR) is 152 cm³/mol. The Kier molecular flexibility index (Phi) is 14.9. The Morgan fingerprint density at radius 1 is 0.545 bits per heavy atom. The van der Waals surface area contributed by atoms with Gasteiger partial charge in [-0.1, -0.05) is 102 Å². The van der Waals surface area contributed by atoms with Gasteiger partial charge in [0, 0.05) is 5.69 Å². The van der Waals surface area contributed by atoms with E-state index in [-0.39, 0.29) is 0 Å². The third-order valence-corrected chi connectivity index (χ3v) is 5.49. The number of hydrogen-bond donors (Lipinski definition) is 1. The molecule has 2 N–H and O–H groups in total. The molecule has 0 amide bonds. The van der Waals surface area contributed by atoms with Crippen LogP contribution in [0, 0.1) is 27.7 Å². The zero-order chi connectivity index (χ0) is 25.6. The molecule has 3 aromatic carbocycles. The molecule has 0 aliphatic heterocycles. The zero-order valence-corrected chi connectivity index (χ0v) is 23.3. The molecule has 0 fully saturated rings. The van der Waals surface area contributed by atoms with Crippen molar-refractivity contribution in [1.29, 1.82) is 0 Å². The van der Waals surface area contributed by atoms with E-state index in [1.165, 1.54) is 50.1 Å². The van der Waals surface area contributed by atoms with Crippen molar-refractivity contribution >= 4 is 5.69 Å². The molecule has 182 valence electrons. The monoisotopic (exact) mass is 447 g/mol.